The van der Waals surface area contributed by atoms with Crippen molar-refractivity contribution in [1.82, 2.24) is 0 Å². The Labute approximate surface area is 175 Å². The number of carbonyl (C=O) groups excluding carboxylic acids is 1. The van der Waals surface area contributed by atoms with E-state index in [4.69, 9.17) is 9.47 Å². The van der Waals surface area contributed by atoms with Crippen LogP contribution in [0.2, 0.25) is 0 Å². The van der Waals surface area contributed by atoms with Gasteiger partial charge in [-0.05, 0) is 54.0 Å². The number of benzene rings is 2. The Hall–Kier alpha value is -3.93. The molecule has 0 aliphatic heterocycles. The zero-order valence-electron chi connectivity index (χ0n) is 16.8. The summed E-state index contributed by atoms with van der Waals surface area (Å²) in [5, 5.41) is 29.7. The van der Waals surface area contributed by atoms with Crippen LogP contribution in [0.1, 0.15) is 17.5 Å². The maximum atomic E-state index is 12.6. The molecule has 0 fully saturated rings. The molecule has 3 N–H and O–H groups in total. The Kier molecular flexibility index (Phi) is 7.88. The van der Waals surface area contributed by atoms with Crippen LogP contribution in [0, 0.1) is 0 Å². The second-order valence-corrected chi connectivity index (χ2v) is 6.25. The third-order valence-corrected chi connectivity index (χ3v) is 4.22. The number of phenols is 2. The lowest BCUT2D eigenvalue weighted by Crippen LogP contribution is -2.01. The summed E-state index contributed by atoms with van der Waals surface area (Å²) in [6.07, 6.45) is 7.60. The molecule has 0 saturated carbocycles. The summed E-state index contributed by atoms with van der Waals surface area (Å²) in [6.45, 7) is 3.63. The molecule has 0 heterocycles. The van der Waals surface area contributed by atoms with E-state index in [0.29, 0.717) is 22.6 Å². The number of methoxy groups -OCH3 is 2. The monoisotopic (exact) mass is 408 g/mol. The maximum absolute atomic E-state index is 12.6. The molecular formula is C24H24O6. The summed E-state index contributed by atoms with van der Waals surface area (Å²) >= 11 is 0. The van der Waals surface area contributed by atoms with Crippen molar-refractivity contribution < 1.29 is 29.6 Å². The van der Waals surface area contributed by atoms with Gasteiger partial charge >= 0.3 is 0 Å². The molecular weight excluding hydrogens is 384 g/mol. The number of hydrogen-bond donors (Lipinski definition) is 3. The van der Waals surface area contributed by atoms with Gasteiger partial charge in [-0.25, -0.2) is 0 Å². The van der Waals surface area contributed by atoms with Crippen LogP contribution in [-0.4, -0.2) is 35.3 Å². The minimum Gasteiger partial charge on any atom is -0.508 e. The van der Waals surface area contributed by atoms with Crippen molar-refractivity contribution in [2.45, 2.75) is 6.42 Å². The molecule has 2 rings (SSSR count). The molecule has 6 heteroatoms. The van der Waals surface area contributed by atoms with E-state index in [1.54, 1.807) is 36.4 Å². The topological polar surface area (TPSA) is 96.2 Å². The van der Waals surface area contributed by atoms with Crippen molar-refractivity contribution in [3.8, 4) is 23.0 Å². The zero-order chi connectivity index (χ0) is 22.1. The van der Waals surface area contributed by atoms with Crippen LogP contribution in [0.5, 0.6) is 23.0 Å². The first-order valence-electron chi connectivity index (χ1n) is 9.07. The molecule has 6 nitrogen and oxygen atoms in total. The Morgan fingerprint density at radius 3 is 1.90 bits per heavy atom. The van der Waals surface area contributed by atoms with Crippen molar-refractivity contribution in [3.63, 3.8) is 0 Å². The number of phenolic OH excluding ortho intramolecular Hbond substituents is 2. The van der Waals surface area contributed by atoms with E-state index in [-0.39, 0.29) is 35.0 Å². The standard InChI is InChI=1S/C24H24O6/c1-4-5-18(19(25)10-6-16-8-12-21(27)23(14-16)29-2)20(26)11-7-17-9-13-22(28)24(15-17)30-3/h4,6-15,25,27-28H,1,5H2,2-3H3/b10-6+,11-7+,19-18-. The number of aliphatic hydroxyl groups is 1. The van der Waals surface area contributed by atoms with E-state index in [1.807, 2.05) is 0 Å². The summed E-state index contributed by atoms with van der Waals surface area (Å²) in [5.41, 5.74) is 1.50. The van der Waals surface area contributed by atoms with Gasteiger partial charge in [0, 0.05) is 5.57 Å². The summed E-state index contributed by atoms with van der Waals surface area (Å²) < 4.78 is 10.1. The van der Waals surface area contributed by atoms with Gasteiger partial charge in [0.1, 0.15) is 5.76 Å². The molecule has 0 amide bonds. The van der Waals surface area contributed by atoms with Crippen molar-refractivity contribution in [2.24, 2.45) is 0 Å². The summed E-state index contributed by atoms with van der Waals surface area (Å²) in [6, 6.07) is 9.42. The average Bonchev–Trinajstić information content (AvgIpc) is 2.75. The largest absolute Gasteiger partial charge is 0.508 e. The fourth-order valence-corrected chi connectivity index (χ4v) is 2.62. The van der Waals surface area contributed by atoms with Crippen LogP contribution >= 0.6 is 0 Å². The highest BCUT2D eigenvalue weighted by Crippen LogP contribution is 2.28. The second-order valence-electron chi connectivity index (χ2n) is 6.25. The molecule has 2 aromatic carbocycles. The van der Waals surface area contributed by atoms with E-state index in [2.05, 4.69) is 6.58 Å². The van der Waals surface area contributed by atoms with Crippen LogP contribution in [0.3, 0.4) is 0 Å². The quantitative estimate of drug-likeness (QED) is 0.239. The van der Waals surface area contributed by atoms with Gasteiger partial charge in [-0.3, -0.25) is 4.79 Å². The van der Waals surface area contributed by atoms with Crippen LogP contribution < -0.4 is 9.47 Å². The molecule has 0 aromatic heterocycles. The molecule has 0 spiro atoms. The number of aromatic hydroxyl groups is 2. The SMILES string of the molecule is C=CC/C(C(=O)/C=C/c1ccc(O)c(OC)c1)=C(O)\C=C\c1ccc(O)c(OC)c1. The Balaban J connectivity index is 2.26. The first-order valence-corrected chi connectivity index (χ1v) is 9.07. The Morgan fingerprint density at radius 2 is 1.43 bits per heavy atom. The van der Waals surface area contributed by atoms with Crippen molar-refractivity contribution >= 4 is 17.9 Å². The van der Waals surface area contributed by atoms with Gasteiger partial charge in [-0.2, -0.15) is 0 Å². The van der Waals surface area contributed by atoms with Gasteiger partial charge in [0.15, 0.2) is 28.8 Å². The van der Waals surface area contributed by atoms with E-state index in [9.17, 15) is 20.1 Å². The lowest BCUT2D eigenvalue weighted by molar-refractivity contribution is -0.111. The lowest BCUT2D eigenvalue weighted by Gasteiger charge is -2.05. The predicted molar refractivity (Wildman–Crippen MR) is 117 cm³/mol. The fraction of sp³-hybridized carbons (Fsp3) is 0.125. The first-order chi connectivity index (χ1) is 14.4. The van der Waals surface area contributed by atoms with Crippen LogP contribution in [0.25, 0.3) is 12.2 Å². The van der Waals surface area contributed by atoms with Crippen molar-refractivity contribution in [1.29, 1.82) is 0 Å². The molecule has 0 aliphatic carbocycles. The smallest absolute Gasteiger partial charge is 0.185 e. The molecule has 0 aliphatic rings. The predicted octanol–water partition coefficient (Wildman–Crippen LogP) is 4.80. The van der Waals surface area contributed by atoms with E-state index >= 15 is 0 Å². The highest BCUT2D eigenvalue weighted by molar-refractivity contribution is 6.07. The third-order valence-electron chi connectivity index (χ3n) is 4.22. The van der Waals surface area contributed by atoms with Crippen molar-refractivity contribution in [2.75, 3.05) is 14.2 Å². The molecule has 156 valence electrons. The molecule has 2 aromatic rings. The van der Waals surface area contributed by atoms with Crippen LogP contribution in [0.4, 0.5) is 0 Å². The summed E-state index contributed by atoms with van der Waals surface area (Å²) in [5.74, 6) is 0.0267. The molecule has 0 atom stereocenters. The van der Waals surface area contributed by atoms with Gasteiger partial charge < -0.3 is 24.8 Å². The number of carbonyl (C=O) groups is 1. The maximum Gasteiger partial charge on any atom is 0.185 e. The van der Waals surface area contributed by atoms with Gasteiger partial charge in [0.05, 0.1) is 14.2 Å². The van der Waals surface area contributed by atoms with E-state index in [0.717, 1.165) is 0 Å². The fourth-order valence-electron chi connectivity index (χ4n) is 2.62. The van der Waals surface area contributed by atoms with Crippen molar-refractivity contribution in [3.05, 3.63) is 83.7 Å². The van der Waals surface area contributed by atoms with Gasteiger partial charge in [-0.1, -0.05) is 30.4 Å². The van der Waals surface area contributed by atoms with Gasteiger partial charge in [0.25, 0.3) is 0 Å². The highest BCUT2D eigenvalue weighted by Gasteiger charge is 2.10. The number of rotatable bonds is 9. The first kappa shape index (κ1) is 22.4. The molecule has 30 heavy (non-hydrogen) atoms. The lowest BCUT2D eigenvalue weighted by atomic mass is 10.0. The average molecular weight is 408 g/mol. The van der Waals surface area contributed by atoms with Crippen LogP contribution in [-0.2, 0) is 4.79 Å². The second kappa shape index (κ2) is 10.6. The number of hydrogen-bond acceptors (Lipinski definition) is 6. The molecule has 0 radical (unpaired) electrons. The number of allylic oxidation sites excluding steroid dienone is 4. The van der Waals surface area contributed by atoms with E-state index in [1.165, 1.54) is 44.6 Å². The molecule has 0 unspecified atom stereocenters. The Bertz CT molecular complexity index is 1010. The van der Waals surface area contributed by atoms with Gasteiger partial charge in [-0.15, -0.1) is 6.58 Å². The summed E-state index contributed by atoms with van der Waals surface area (Å²) in [4.78, 5) is 12.6. The van der Waals surface area contributed by atoms with Gasteiger partial charge in [0.2, 0.25) is 0 Å². The minimum atomic E-state index is -0.382. The van der Waals surface area contributed by atoms with Crippen LogP contribution in [0.15, 0.2) is 72.5 Å². The zero-order valence-corrected chi connectivity index (χ0v) is 16.8. The normalized spacial score (nSPS) is 12.1. The molecule has 0 bridgehead atoms. The minimum absolute atomic E-state index is 0.00172. The number of ether oxygens (including phenoxy) is 2. The number of aliphatic hydroxyl groups excluding tert-OH is 1. The third kappa shape index (κ3) is 5.78. The number of ketones is 1. The van der Waals surface area contributed by atoms with E-state index < -0.39 is 0 Å². The highest BCUT2D eigenvalue weighted by atomic mass is 16.5. The molecule has 0 saturated heterocycles. The summed E-state index contributed by atoms with van der Waals surface area (Å²) in [7, 11) is 2.88. The Morgan fingerprint density at radius 1 is 0.933 bits per heavy atom.